The molecule has 2 aromatic heterocycles. The van der Waals surface area contributed by atoms with E-state index >= 15 is 0 Å². The van der Waals surface area contributed by atoms with Gasteiger partial charge in [0, 0.05) is 23.1 Å². The van der Waals surface area contributed by atoms with Crippen LogP contribution in [0.1, 0.15) is 42.9 Å². The zero-order valence-corrected chi connectivity index (χ0v) is 15.8. The maximum atomic E-state index is 14.1. The minimum atomic E-state index is -1.26. The lowest BCUT2D eigenvalue weighted by molar-refractivity contribution is 0.365. The van der Waals surface area contributed by atoms with E-state index in [9.17, 15) is 4.39 Å². The molecule has 3 nitrogen and oxygen atoms in total. The molecule has 134 valence electrons. The van der Waals surface area contributed by atoms with Crippen LogP contribution < -0.4 is 0 Å². The lowest BCUT2D eigenvalue weighted by Gasteiger charge is -2.18. The smallest absolute Gasteiger partial charge is 0.176 e. The molecule has 3 aromatic rings. The standard InChI is InChI=1S/C20H18Cl2FN3/c1-12(23)18-17(22)16(25-19(26-18)15-3-2-10-24-15)11-20(8-9-20)13-4-6-14(21)7-5-13/h2-7,10,12,24H,8-9,11H2,1H3. The maximum absolute atomic E-state index is 14.1. The predicted octanol–water partition coefficient (Wildman–Crippen LogP) is 6.08. The molecule has 1 fully saturated rings. The summed E-state index contributed by atoms with van der Waals surface area (Å²) >= 11 is 12.5. The largest absolute Gasteiger partial charge is 0.359 e. The van der Waals surface area contributed by atoms with Gasteiger partial charge in [-0.05, 0) is 49.6 Å². The van der Waals surface area contributed by atoms with Crippen LogP contribution in [0.4, 0.5) is 4.39 Å². The molecule has 2 heterocycles. The molecular weight excluding hydrogens is 372 g/mol. The predicted molar refractivity (Wildman–Crippen MR) is 102 cm³/mol. The molecule has 1 unspecified atom stereocenters. The van der Waals surface area contributed by atoms with Gasteiger partial charge in [0.25, 0.3) is 0 Å². The Labute approximate surface area is 161 Å². The number of aromatic amines is 1. The molecule has 1 atom stereocenters. The highest BCUT2D eigenvalue weighted by Crippen LogP contribution is 2.51. The third-order valence-corrected chi connectivity index (χ3v) is 5.64. The summed E-state index contributed by atoms with van der Waals surface area (Å²) in [5, 5.41) is 1.04. The molecule has 0 radical (unpaired) electrons. The Morgan fingerprint density at radius 3 is 2.46 bits per heavy atom. The van der Waals surface area contributed by atoms with Crippen LogP contribution in [0.25, 0.3) is 11.5 Å². The van der Waals surface area contributed by atoms with E-state index in [-0.39, 0.29) is 11.1 Å². The number of benzene rings is 1. The van der Waals surface area contributed by atoms with E-state index in [2.05, 4.69) is 27.1 Å². The van der Waals surface area contributed by atoms with Crippen LogP contribution in [-0.4, -0.2) is 15.0 Å². The third-order valence-electron chi connectivity index (χ3n) is 4.98. The second-order valence-corrected chi connectivity index (χ2v) is 7.67. The van der Waals surface area contributed by atoms with Gasteiger partial charge in [0.05, 0.1) is 22.1 Å². The van der Waals surface area contributed by atoms with Crippen molar-refractivity contribution in [2.24, 2.45) is 0 Å². The van der Waals surface area contributed by atoms with Crippen LogP contribution in [0.3, 0.4) is 0 Å². The Hall–Kier alpha value is -1.91. The van der Waals surface area contributed by atoms with Crippen molar-refractivity contribution in [1.29, 1.82) is 0 Å². The summed E-state index contributed by atoms with van der Waals surface area (Å²) in [5.74, 6) is 0.473. The second kappa shape index (κ2) is 6.67. The molecule has 0 amide bonds. The van der Waals surface area contributed by atoms with Crippen molar-refractivity contribution in [3.8, 4) is 11.5 Å². The number of nitrogens with zero attached hydrogens (tertiary/aromatic N) is 2. The van der Waals surface area contributed by atoms with Crippen molar-refractivity contribution < 1.29 is 4.39 Å². The van der Waals surface area contributed by atoms with Crippen molar-refractivity contribution in [3.63, 3.8) is 0 Å². The SMILES string of the molecule is CC(F)c1nc(-c2ccc[nH]2)nc(CC2(c3ccc(Cl)cc3)CC2)c1Cl. The topological polar surface area (TPSA) is 41.6 Å². The van der Waals surface area contributed by atoms with Gasteiger partial charge in [0.15, 0.2) is 5.82 Å². The quantitative estimate of drug-likeness (QED) is 0.573. The number of H-pyrrole nitrogens is 1. The number of hydrogen-bond acceptors (Lipinski definition) is 2. The van der Waals surface area contributed by atoms with Gasteiger partial charge in [-0.3, -0.25) is 0 Å². The Kier molecular flexibility index (Phi) is 4.49. The summed E-state index contributed by atoms with van der Waals surface area (Å²) in [6, 6.07) is 11.6. The molecule has 0 aliphatic heterocycles. The molecule has 1 aromatic carbocycles. The molecule has 0 spiro atoms. The molecule has 4 rings (SSSR count). The van der Waals surface area contributed by atoms with E-state index in [0.29, 0.717) is 28.0 Å². The highest BCUT2D eigenvalue weighted by atomic mass is 35.5. The van der Waals surface area contributed by atoms with Gasteiger partial charge < -0.3 is 4.98 Å². The molecule has 6 heteroatoms. The van der Waals surface area contributed by atoms with Gasteiger partial charge in [-0.2, -0.15) is 0 Å². The normalized spacial score (nSPS) is 16.5. The van der Waals surface area contributed by atoms with Gasteiger partial charge in [-0.1, -0.05) is 35.3 Å². The van der Waals surface area contributed by atoms with Crippen molar-refractivity contribution in [2.45, 2.75) is 37.8 Å². The van der Waals surface area contributed by atoms with Gasteiger partial charge in [0.1, 0.15) is 6.17 Å². The van der Waals surface area contributed by atoms with Crippen molar-refractivity contribution in [3.05, 3.63) is 69.6 Å². The third kappa shape index (κ3) is 3.24. The summed E-state index contributed by atoms with van der Waals surface area (Å²) in [5.41, 5.74) is 2.90. The lowest BCUT2D eigenvalue weighted by atomic mass is 9.90. The average molecular weight is 390 g/mol. The van der Waals surface area contributed by atoms with Gasteiger partial charge >= 0.3 is 0 Å². The second-order valence-electron chi connectivity index (χ2n) is 6.86. The van der Waals surface area contributed by atoms with Gasteiger partial charge in [0.2, 0.25) is 0 Å². The molecule has 1 aliphatic carbocycles. The van der Waals surface area contributed by atoms with Crippen LogP contribution in [0.5, 0.6) is 0 Å². The van der Waals surface area contributed by atoms with Crippen molar-refractivity contribution in [2.75, 3.05) is 0 Å². The van der Waals surface area contributed by atoms with E-state index in [4.69, 9.17) is 23.2 Å². The van der Waals surface area contributed by atoms with Crippen LogP contribution in [0.15, 0.2) is 42.6 Å². The monoisotopic (exact) mass is 389 g/mol. The minimum absolute atomic E-state index is 0.00753. The number of halogens is 3. The summed E-state index contributed by atoms with van der Waals surface area (Å²) in [7, 11) is 0. The molecule has 1 saturated carbocycles. The first-order valence-electron chi connectivity index (χ1n) is 8.59. The summed E-state index contributed by atoms with van der Waals surface area (Å²) < 4.78 is 14.1. The highest BCUT2D eigenvalue weighted by Gasteiger charge is 2.45. The van der Waals surface area contributed by atoms with E-state index < -0.39 is 6.17 Å². The van der Waals surface area contributed by atoms with E-state index in [0.717, 1.165) is 18.5 Å². The Balaban J connectivity index is 1.75. The number of alkyl halides is 1. The first kappa shape index (κ1) is 17.5. The van der Waals surface area contributed by atoms with Crippen molar-refractivity contribution >= 4 is 23.2 Å². The average Bonchev–Trinajstić information content (AvgIpc) is 3.18. The number of rotatable bonds is 5. The van der Waals surface area contributed by atoms with Gasteiger partial charge in [-0.25, -0.2) is 14.4 Å². The zero-order chi connectivity index (χ0) is 18.3. The Morgan fingerprint density at radius 1 is 1.15 bits per heavy atom. The Bertz CT molecular complexity index is 917. The number of hydrogen-bond donors (Lipinski definition) is 1. The zero-order valence-electron chi connectivity index (χ0n) is 14.3. The maximum Gasteiger partial charge on any atom is 0.176 e. The first-order valence-corrected chi connectivity index (χ1v) is 9.34. The number of aromatic nitrogens is 3. The summed E-state index contributed by atoms with van der Waals surface area (Å²) in [6.07, 6.45) is 3.29. The van der Waals surface area contributed by atoms with Crippen LogP contribution in [0, 0.1) is 0 Å². The molecule has 1 aliphatic rings. The van der Waals surface area contributed by atoms with E-state index in [1.54, 1.807) is 6.20 Å². The Morgan fingerprint density at radius 2 is 1.88 bits per heavy atom. The fourth-order valence-corrected chi connectivity index (χ4v) is 3.75. The molecular formula is C20H18Cl2FN3. The van der Waals surface area contributed by atoms with E-state index in [1.807, 2.05) is 24.3 Å². The minimum Gasteiger partial charge on any atom is -0.359 e. The molecule has 1 N–H and O–H groups in total. The van der Waals surface area contributed by atoms with Gasteiger partial charge in [-0.15, -0.1) is 0 Å². The fraction of sp³-hybridized carbons (Fsp3) is 0.300. The van der Waals surface area contributed by atoms with Crippen LogP contribution in [-0.2, 0) is 11.8 Å². The molecule has 26 heavy (non-hydrogen) atoms. The first-order chi connectivity index (χ1) is 12.5. The summed E-state index contributed by atoms with van der Waals surface area (Å²) in [6.45, 7) is 1.45. The fourth-order valence-electron chi connectivity index (χ4n) is 3.33. The lowest BCUT2D eigenvalue weighted by Crippen LogP contribution is -2.14. The van der Waals surface area contributed by atoms with Crippen molar-refractivity contribution in [1.82, 2.24) is 15.0 Å². The molecule has 0 saturated heterocycles. The highest BCUT2D eigenvalue weighted by molar-refractivity contribution is 6.32. The van der Waals surface area contributed by atoms with Crippen LogP contribution in [0.2, 0.25) is 10.0 Å². The summed E-state index contributed by atoms with van der Waals surface area (Å²) in [4.78, 5) is 12.1. The van der Waals surface area contributed by atoms with E-state index in [1.165, 1.54) is 12.5 Å². The number of nitrogens with one attached hydrogen (secondary N) is 1. The molecule has 0 bridgehead atoms. The van der Waals surface area contributed by atoms with Crippen LogP contribution >= 0.6 is 23.2 Å².